The minimum atomic E-state index is -0.321. The number of hydrogen-bond acceptors (Lipinski definition) is 2. The van der Waals surface area contributed by atoms with E-state index in [1.165, 1.54) is 0 Å². The van der Waals surface area contributed by atoms with E-state index < -0.39 is 0 Å². The molecule has 1 aliphatic rings. The van der Waals surface area contributed by atoms with Crippen molar-refractivity contribution < 1.29 is 9.59 Å². The van der Waals surface area contributed by atoms with Crippen LogP contribution >= 0.6 is 0 Å². The fraction of sp³-hybridized carbons (Fsp3) is 0.467. The second-order valence-electron chi connectivity index (χ2n) is 4.82. The molecule has 19 heavy (non-hydrogen) atoms. The molecule has 2 rings (SSSR count). The molecule has 1 aliphatic heterocycles. The average Bonchev–Trinajstić information content (AvgIpc) is 2.85. The Balaban J connectivity index is 1.92. The number of nitrogens with zero attached hydrogens (tertiary/aromatic N) is 1. The Morgan fingerprint density at radius 3 is 2.68 bits per heavy atom. The Labute approximate surface area is 113 Å². The Morgan fingerprint density at radius 1 is 1.37 bits per heavy atom. The van der Waals surface area contributed by atoms with Crippen molar-refractivity contribution in [1.29, 1.82) is 0 Å². The second-order valence-corrected chi connectivity index (χ2v) is 4.82. The Bertz CT molecular complexity index is 445. The minimum absolute atomic E-state index is 0.0541. The van der Waals surface area contributed by atoms with Crippen LogP contribution in [0.5, 0.6) is 0 Å². The van der Waals surface area contributed by atoms with Gasteiger partial charge in [0, 0.05) is 19.5 Å². The lowest BCUT2D eigenvalue weighted by atomic mass is 10.1. The Morgan fingerprint density at radius 2 is 2.11 bits per heavy atom. The monoisotopic (exact) mass is 260 g/mol. The number of benzene rings is 1. The summed E-state index contributed by atoms with van der Waals surface area (Å²) in [7, 11) is 0. The van der Waals surface area contributed by atoms with Crippen LogP contribution in [0.25, 0.3) is 0 Å². The molecule has 1 N–H and O–H groups in total. The van der Waals surface area contributed by atoms with Crippen LogP contribution in [-0.2, 0) is 16.1 Å². The van der Waals surface area contributed by atoms with E-state index in [1.807, 2.05) is 37.3 Å². The van der Waals surface area contributed by atoms with Gasteiger partial charge in [-0.15, -0.1) is 0 Å². The third-order valence-electron chi connectivity index (χ3n) is 3.49. The van der Waals surface area contributed by atoms with E-state index in [0.29, 0.717) is 25.9 Å². The van der Waals surface area contributed by atoms with Crippen LogP contribution in [0.15, 0.2) is 30.3 Å². The zero-order chi connectivity index (χ0) is 13.7. The molecular weight excluding hydrogens is 240 g/mol. The maximum absolute atomic E-state index is 12.2. The number of amides is 2. The van der Waals surface area contributed by atoms with Crippen LogP contribution in [0.3, 0.4) is 0 Å². The van der Waals surface area contributed by atoms with E-state index >= 15 is 0 Å². The van der Waals surface area contributed by atoms with Crippen molar-refractivity contribution >= 4 is 11.8 Å². The second kappa shape index (κ2) is 6.36. The van der Waals surface area contributed by atoms with Crippen molar-refractivity contribution in [2.24, 2.45) is 0 Å². The van der Waals surface area contributed by atoms with E-state index in [1.54, 1.807) is 4.90 Å². The van der Waals surface area contributed by atoms with Gasteiger partial charge in [-0.25, -0.2) is 0 Å². The maximum atomic E-state index is 12.2. The largest absolute Gasteiger partial charge is 0.350 e. The average molecular weight is 260 g/mol. The summed E-state index contributed by atoms with van der Waals surface area (Å²) in [6.07, 6.45) is 2.09. The summed E-state index contributed by atoms with van der Waals surface area (Å²) < 4.78 is 0. The SMILES string of the molecule is CCC(C(=O)NCc1ccccc1)N1CCCC1=O. The molecule has 1 aromatic carbocycles. The molecule has 1 aromatic rings. The molecule has 0 spiro atoms. The number of carbonyl (C=O) groups is 2. The highest BCUT2D eigenvalue weighted by molar-refractivity contribution is 5.88. The van der Waals surface area contributed by atoms with Gasteiger partial charge < -0.3 is 10.2 Å². The lowest BCUT2D eigenvalue weighted by molar-refractivity contribution is -0.137. The van der Waals surface area contributed by atoms with E-state index in [-0.39, 0.29) is 17.9 Å². The maximum Gasteiger partial charge on any atom is 0.243 e. The smallest absolute Gasteiger partial charge is 0.243 e. The van der Waals surface area contributed by atoms with Gasteiger partial charge in [-0.1, -0.05) is 37.3 Å². The summed E-state index contributed by atoms with van der Waals surface area (Å²) in [5, 5.41) is 2.91. The van der Waals surface area contributed by atoms with E-state index in [4.69, 9.17) is 0 Å². The normalized spacial score (nSPS) is 16.5. The number of hydrogen-bond donors (Lipinski definition) is 1. The summed E-state index contributed by atoms with van der Waals surface area (Å²) in [4.78, 5) is 25.6. The first kappa shape index (κ1) is 13.6. The molecule has 2 amide bonds. The first-order valence-electron chi connectivity index (χ1n) is 6.83. The fourth-order valence-electron chi connectivity index (χ4n) is 2.45. The van der Waals surface area contributed by atoms with Crippen LogP contribution in [0.4, 0.5) is 0 Å². The van der Waals surface area contributed by atoms with Crippen molar-refractivity contribution in [3.63, 3.8) is 0 Å². The molecule has 0 bridgehead atoms. The van der Waals surface area contributed by atoms with Crippen molar-refractivity contribution in [2.75, 3.05) is 6.54 Å². The van der Waals surface area contributed by atoms with Crippen molar-refractivity contribution in [2.45, 2.75) is 38.8 Å². The highest BCUT2D eigenvalue weighted by atomic mass is 16.2. The number of carbonyl (C=O) groups excluding carboxylic acids is 2. The van der Waals surface area contributed by atoms with Gasteiger partial charge >= 0.3 is 0 Å². The predicted octanol–water partition coefficient (Wildman–Crippen LogP) is 1.70. The molecule has 1 saturated heterocycles. The summed E-state index contributed by atoms with van der Waals surface area (Å²) >= 11 is 0. The highest BCUT2D eigenvalue weighted by Crippen LogP contribution is 2.16. The molecule has 1 fully saturated rings. The molecular formula is C15H20N2O2. The number of nitrogens with one attached hydrogen (secondary N) is 1. The Hall–Kier alpha value is -1.84. The van der Waals surface area contributed by atoms with Gasteiger partial charge in [0.1, 0.15) is 6.04 Å². The van der Waals surface area contributed by atoms with Gasteiger partial charge in [-0.05, 0) is 18.4 Å². The van der Waals surface area contributed by atoms with Gasteiger partial charge in [-0.3, -0.25) is 9.59 Å². The third-order valence-corrected chi connectivity index (χ3v) is 3.49. The summed E-state index contributed by atoms with van der Waals surface area (Å²) in [6.45, 7) is 3.16. The van der Waals surface area contributed by atoms with Crippen molar-refractivity contribution in [3.8, 4) is 0 Å². The molecule has 1 heterocycles. The zero-order valence-electron chi connectivity index (χ0n) is 11.3. The summed E-state index contributed by atoms with van der Waals surface area (Å²) in [5.41, 5.74) is 1.07. The van der Waals surface area contributed by atoms with Crippen LogP contribution in [0, 0.1) is 0 Å². The Kier molecular flexibility index (Phi) is 4.55. The third kappa shape index (κ3) is 3.34. The van der Waals surface area contributed by atoms with Gasteiger partial charge in [0.25, 0.3) is 0 Å². The first-order chi connectivity index (χ1) is 9.22. The number of likely N-dealkylation sites (tertiary alicyclic amines) is 1. The van der Waals surface area contributed by atoms with Crippen LogP contribution in [0.2, 0.25) is 0 Å². The molecule has 102 valence electrons. The van der Waals surface area contributed by atoms with Gasteiger partial charge in [-0.2, -0.15) is 0 Å². The fourth-order valence-corrected chi connectivity index (χ4v) is 2.45. The topological polar surface area (TPSA) is 49.4 Å². The number of rotatable bonds is 5. The molecule has 1 unspecified atom stereocenters. The quantitative estimate of drug-likeness (QED) is 0.876. The van der Waals surface area contributed by atoms with Crippen LogP contribution in [-0.4, -0.2) is 29.3 Å². The van der Waals surface area contributed by atoms with Crippen molar-refractivity contribution in [3.05, 3.63) is 35.9 Å². The lowest BCUT2D eigenvalue weighted by Gasteiger charge is -2.25. The van der Waals surface area contributed by atoms with E-state index in [0.717, 1.165) is 12.0 Å². The summed E-state index contributed by atoms with van der Waals surface area (Å²) in [5.74, 6) is 0.0447. The molecule has 0 radical (unpaired) electrons. The standard InChI is InChI=1S/C15H20N2O2/c1-2-13(17-10-6-9-14(17)18)15(19)16-11-12-7-4-3-5-8-12/h3-5,7-8,13H,2,6,9-11H2,1H3,(H,16,19). The molecule has 0 aliphatic carbocycles. The summed E-state index contributed by atoms with van der Waals surface area (Å²) in [6, 6.07) is 9.47. The van der Waals surface area contributed by atoms with Gasteiger partial charge in [0.2, 0.25) is 11.8 Å². The van der Waals surface area contributed by atoms with Crippen LogP contribution < -0.4 is 5.32 Å². The van der Waals surface area contributed by atoms with E-state index in [9.17, 15) is 9.59 Å². The zero-order valence-corrected chi connectivity index (χ0v) is 11.3. The van der Waals surface area contributed by atoms with Crippen molar-refractivity contribution in [1.82, 2.24) is 10.2 Å². The minimum Gasteiger partial charge on any atom is -0.350 e. The molecule has 1 atom stereocenters. The highest BCUT2D eigenvalue weighted by Gasteiger charge is 2.31. The molecule has 0 aromatic heterocycles. The first-order valence-corrected chi connectivity index (χ1v) is 6.83. The van der Waals surface area contributed by atoms with E-state index in [2.05, 4.69) is 5.32 Å². The predicted molar refractivity (Wildman–Crippen MR) is 73.3 cm³/mol. The van der Waals surface area contributed by atoms with Gasteiger partial charge in [0.15, 0.2) is 0 Å². The van der Waals surface area contributed by atoms with Gasteiger partial charge in [0.05, 0.1) is 0 Å². The molecule has 4 nitrogen and oxygen atoms in total. The molecule has 4 heteroatoms. The molecule has 0 saturated carbocycles. The lowest BCUT2D eigenvalue weighted by Crippen LogP contribution is -2.46. The van der Waals surface area contributed by atoms with Crippen LogP contribution in [0.1, 0.15) is 31.7 Å².